The molecule has 1 saturated carbocycles. The van der Waals surface area contributed by atoms with E-state index in [-0.39, 0.29) is 17.6 Å². The van der Waals surface area contributed by atoms with E-state index in [0.29, 0.717) is 25.3 Å². The molecule has 0 aromatic heterocycles. The van der Waals surface area contributed by atoms with Gasteiger partial charge < -0.3 is 21.5 Å². The number of rotatable bonds is 18. The van der Waals surface area contributed by atoms with Crippen molar-refractivity contribution in [1.82, 2.24) is 10.6 Å². The molecule has 0 heterocycles. The SMILES string of the molecule is NCCCCCCCCCCCCNC(=O)[C@H](Cc1cccc(O)c1)NC(=O)CC1CCCCC1. The molecular weight excluding hydrogens is 438 g/mol. The van der Waals surface area contributed by atoms with Crippen LogP contribution in [-0.4, -0.2) is 36.1 Å². The number of amides is 2. The summed E-state index contributed by atoms with van der Waals surface area (Å²) in [5.74, 6) is 0.424. The smallest absolute Gasteiger partial charge is 0.242 e. The van der Waals surface area contributed by atoms with Crippen LogP contribution in [0, 0.1) is 5.92 Å². The Bertz CT molecular complexity index is 719. The maximum atomic E-state index is 12.9. The van der Waals surface area contributed by atoms with Crippen LogP contribution in [0.4, 0.5) is 0 Å². The lowest BCUT2D eigenvalue weighted by Gasteiger charge is -2.23. The van der Waals surface area contributed by atoms with E-state index in [1.165, 1.54) is 64.2 Å². The Morgan fingerprint density at radius 1 is 0.914 bits per heavy atom. The van der Waals surface area contributed by atoms with Crippen LogP contribution in [-0.2, 0) is 16.0 Å². The van der Waals surface area contributed by atoms with Gasteiger partial charge in [-0.2, -0.15) is 0 Å². The molecule has 35 heavy (non-hydrogen) atoms. The van der Waals surface area contributed by atoms with Gasteiger partial charge in [-0.3, -0.25) is 9.59 Å². The van der Waals surface area contributed by atoms with Gasteiger partial charge in [0.2, 0.25) is 11.8 Å². The standard InChI is InChI=1S/C29H49N3O3/c30-19-12-7-5-3-1-2-4-6-8-13-20-31-29(35)27(22-25-17-14-18-26(33)21-25)32-28(34)23-24-15-10-9-11-16-24/h14,17-18,21,24,27,33H,1-13,15-16,19-20,22-23,30H2,(H,31,35)(H,32,34)/t27-/m0/s1. The Morgan fingerprint density at radius 2 is 1.54 bits per heavy atom. The number of hydrogen-bond donors (Lipinski definition) is 4. The molecule has 1 atom stereocenters. The van der Waals surface area contributed by atoms with Crippen LogP contribution < -0.4 is 16.4 Å². The Kier molecular flexibility index (Phi) is 15.2. The van der Waals surface area contributed by atoms with Gasteiger partial charge in [-0.15, -0.1) is 0 Å². The largest absolute Gasteiger partial charge is 0.508 e. The predicted octanol–water partition coefficient (Wildman–Crippen LogP) is 5.37. The Morgan fingerprint density at radius 3 is 2.17 bits per heavy atom. The van der Waals surface area contributed by atoms with Crippen LogP contribution in [0.15, 0.2) is 24.3 Å². The van der Waals surface area contributed by atoms with Gasteiger partial charge in [0.1, 0.15) is 11.8 Å². The summed E-state index contributed by atoms with van der Waals surface area (Å²) in [6, 6.07) is 6.30. The lowest BCUT2D eigenvalue weighted by atomic mass is 9.87. The molecule has 0 unspecified atom stereocenters. The lowest BCUT2D eigenvalue weighted by Crippen LogP contribution is -2.48. The molecule has 0 saturated heterocycles. The molecule has 6 nitrogen and oxygen atoms in total. The van der Waals surface area contributed by atoms with E-state index in [0.717, 1.165) is 44.2 Å². The molecule has 6 heteroatoms. The second kappa shape index (κ2) is 18.2. The summed E-state index contributed by atoms with van der Waals surface area (Å²) in [6.07, 6.45) is 18.8. The van der Waals surface area contributed by atoms with E-state index in [1.807, 2.05) is 6.07 Å². The van der Waals surface area contributed by atoms with E-state index >= 15 is 0 Å². The summed E-state index contributed by atoms with van der Waals surface area (Å²) in [7, 11) is 0. The first kappa shape index (κ1) is 29.2. The Balaban J connectivity index is 1.69. The summed E-state index contributed by atoms with van der Waals surface area (Å²) >= 11 is 0. The van der Waals surface area contributed by atoms with E-state index in [1.54, 1.807) is 18.2 Å². The Labute approximate surface area is 212 Å². The van der Waals surface area contributed by atoms with E-state index in [4.69, 9.17) is 5.73 Å². The summed E-state index contributed by atoms with van der Waals surface area (Å²) in [6.45, 7) is 1.44. The molecule has 0 bridgehead atoms. The van der Waals surface area contributed by atoms with Crippen molar-refractivity contribution >= 4 is 11.8 Å². The van der Waals surface area contributed by atoms with Crippen molar-refractivity contribution in [3.05, 3.63) is 29.8 Å². The third-order valence-electron chi connectivity index (χ3n) is 7.13. The van der Waals surface area contributed by atoms with Gasteiger partial charge in [-0.05, 0) is 55.8 Å². The summed E-state index contributed by atoms with van der Waals surface area (Å²) in [4.78, 5) is 25.7. The first-order valence-electron chi connectivity index (χ1n) is 14.1. The molecular formula is C29H49N3O3. The van der Waals surface area contributed by atoms with Gasteiger partial charge >= 0.3 is 0 Å². The average Bonchev–Trinajstić information content (AvgIpc) is 2.85. The summed E-state index contributed by atoms with van der Waals surface area (Å²) in [5, 5.41) is 15.8. The highest BCUT2D eigenvalue weighted by Crippen LogP contribution is 2.26. The summed E-state index contributed by atoms with van der Waals surface area (Å²) in [5.41, 5.74) is 6.36. The number of benzene rings is 1. The minimum Gasteiger partial charge on any atom is -0.508 e. The number of unbranched alkanes of at least 4 members (excludes halogenated alkanes) is 9. The van der Waals surface area contributed by atoms with E-state index < -0.39 is 6.04 Å². The molecule has 1 aliphatic carbocycles. The fourth-order valence-corrected chi connectivity index (χ4v) is 5.05. The topological polar surface area (TPSA) is 104 Å². The molecule has 1 aromatic rings. The normalized spacial score (nSPS) is 15.0. The van der Waals surface area contributed by atoms with Crippen LogP contribution in [0.2, 0.25) is 0 Å². The van der Waals surface area contributed by atoms with Crippen molar-refractivity contribution in [1.29, 1.82) is 0 Å². The van der Waals surface area contributed by atoms with Gasteiger partial charge in [0.15, 0.2) is 0 Å². The fraction of sp³-hybridized carbons (Fsp3) is 0.724. The molecule has 0 spiro atoms. The zero-order valence-corrected chi connectivity index (χ0v) is 21.7. The zero-order chi connectivity index (χ0) is 25.1. The third-order valence-corrected chi connectivity index (χ3v) is 7.13. The van der Waals surface area contributed by atoms with Crippen molar-refractivity contribution in [2.75, 3.05) is 13.1 Å². The Hall–Kier alpha value is -2.08. The first-order chi connectivity index (χ1) is 17.1. The zero-order valence-electron chi connectivity index (χ0n) is 21.7. The van der Waals surface area contributed by atoms with Crippen LogP contribution in [0.25, 0.3) is 0 Å². The molecule has 1 aromatic carbocycles. The second-order valence-electron chi connectivity index (χ2n) is 10.3. The number of phenols is 1. The van der Waals surface area contributed by atoms with Crippen LogP contribution in [0.5, 0.6) is 5.75 Å². The third kappa shape index (κ3) is 13.6. The van der Waals surface area contributed by atoms with Gasteiger partial charge in [-0.1, -0.05) is 82.8 Å². The minimum absolute atomic E-state index is 0.0415. The van der Waals surface area contributed by atoms with Crippen molar-refractivity contribution in [3.8, 4) is 5.75 Å². The molecule has 0 radical (unpaired) electrons. The van der Waals surface area contributed by atoms with Crippen molar-refractivity contribution < 1.29 is 14.7 Å². The van der Waals surface area contributed by atoms with E-state index in [9.17, 15) is 14.7 Å². The van der Waals surface area contributed by atoms with E-state index in [2.05, 4.69) is 10.6 Å². The van der Waals surface area contributed by atoms with Crippen molar-refractivity contribution in [2.24, 2.45) is 11.7 Å². The van der Waals surface area contributed by atoms with Crippen molar-refractivity contribution in [2.45, 2.75) is 115 Å². The summed E-state index contributed by atoms with van der Waals surface area (Å²) < 4.78 is 0. The number of aromatic hydroxyl groups is 1. The molecule has 1 aliphatic rings. The lowest BCUT2D eigenvalue weighted by molar-refractivity contribution is -0.129. The number of carbonyl (C=O) groups is 2. The average molecular weight is 488 g/mol. The molecule has 198 valence electrons. The number of phenolic OH excluding ortho intramolecular Hbond substituents is 1. The van der Waals surface area contributed by atoms with Gasteiger partial charge in [0.05, 0.1) is 0 Å². The van der Waals surface area contributed by atoms with Gasteiger partial charge in [0.25, 0.3) is 0 Å². The second-order valence-corrected chi connectivity index (χ2v) is 10.3. The number of nitrogens with two attached hydrogens (primary N) is 1. The molecule has 1 fully saturated rings. The van der Waals surface area contributed by atoms with Crippen LogP contribution in [0.3, 0.4) is 0 Å². The quantitative estimate of drug-likeness (QED) is 0.209. The molecule has 0 aliphatic heterocycles. The fourth-order valence-electron chi connectivity index (χ4n) is 5.05. The number of carbonyl (C=O) groups excluding carboxylic acids is 2. The maximum absolute atomic E-state index is 12.9. The predicted molar refractivity (Wildman–Crippen MR) is 143 cm³/mol. The van der Waals surface area contributed by atoms with Crippen LogP contribution in [0.1, 0.15) is 108 Å². The van der Waals surface area contributed by atoms with Crippen molar-refractivity contribution in [3.63, 3.8) is 0 Å². The highest BCUT2D eigenvalue weighted by Gasteiger charge is 2.23. The maximum Gasteiger partial charge on any atom is 0.242 e. The number of nitrogens with one attached hydrogen (secondary N) is 2. The minimum atomic E-state index is -0.618. The molecule has 2 rings (SSSR count). The van der Waals surface area contributed by atoms with Crippen LogP contribution >= 0.6 is 0 Å². The van der Waals surface area contributed by atoms with Gasteiger partial charge in [-0.25, -0.2) is 0 Å². The highest BCUT2D eigenvalue weighted by atomic mass is 16.3. The monoisotopic (exact) mass is 487 g/mol. The number of hydrogen-bond acceptors (Lipinski definition) is 4. The molecule has 5 N–H and O–H groups in total. The van der Waals surface area contributed by atoms with Gasteiger partial charge in [0, 0.05) is 19.4 Å². The first-order valence-corrected chi connectivity index (χ1v) is 14.1. The molecule has 2 amide bonds. The highest BCUT2D eigenvalue weighted by molar-refractivity contribution is 5.88.